The summed E-state index contributed by atoms with van der Waals surface area (Å²) in [6.45, 7) is 0.528. The maximum Gasteiger partial charge on any atom is 0.343 e. The molecule has 2 heterocycles. The van der Waals surface area contributed by atoms with Gasteiger partial charge in [0.25, 0.3) is 0 Å². The summed E-state index contributed by atoms with van der Waals surface area (Å²) in [4.78, 5) is 25.1. The second-order valence-corrected chi connectivity index (χ2v) is 7.87. The number of hydrogen-bond donors (Lipinski definition) is 0. The monoisotopic (exact) mass is 442 g/mol. The van der Waals surface area contributed by atoms with Crippen LogP contribution in [-0.2, 0) is 11.2 Å². The zero-order valence-corrected chi connectivity index (χ0v) is 18.1. The highest BCUT2D eigenvalue weighted by molar-refractivity contribution is 5.90. The van der Waals surface area contributed by atoms with E-state index < -0.39 is 11.5 Å². The molecule has 1 aliphatic heterocycles. The van der Waals surface area contributed by atoms with E-state index in [1.165, 1.54) is 0 Å². The van der Waals surface area contributed by atoms with Crippen molar-refractivity contribution in [2.45, 2.75) is 18.8 Å². The molecule has 6 nitrogen and oxygen atoms in total. The summed E-state index contributed by atoms with van der Waals surface area (Å²) < 4.78 is 22.0. The van der Waals surface area contributed by atoms with Crippen molar-refractivity contribution in [2.24, 2.45) is 0 Å². The first-order valence-corrected chi connectivity index (χ1v) is 10.7. The summed E-state index contributed by atoms with van der Waals surface area (Å²) in [5, 5.41) is 0.614. The minimum absolute atomic E-state index is 0.0772. The van der Waals surface area contributed by atoms with Crippen LogP contribution in [0.25, 0.3) is 11.0 Å². The molecular formula is C27H22O6. The maximum atomic E-state index is 12.8. The number of hydrogen-bond acceptors (Lipinski definition) is 6. The van der Waals surface area contributed by atoms with Gasteiger partial charge in [0, 0.05) is 12.3 Å². The van der Waals surface area contributed by atoms with Gasteiger partial charge in [-0.3, -0.25) is 4.79 Å². The molecule has 0 aliphatic carbocycles. The van der Waals surface area contributed by atoms with E-state index in [0.29, 0.717) is 28.9 Å². The number of benzene rings is 3. The average molecular weight is 442 g/mol. The number of methoxy groups -OCH3 is 1. The third-order valence-corrected chi connectivity index (χ3v) is 5.84. The third kappa shape index (κ3) is 4.20. The van der Waals surface area contributed by atoms with E-state index in [1.54, 1.807) is 25.3 Å². The SMILES string of the molecule is COc1ccc(CCOc2ccc([C@@H]3CC(=O)Oc4c3c(=O)oc3ccccc43)cc2)cc1. The van der Waals surface area contributed by atoms with Crippen molar-refractivity contribution >= 4 is 16.9 Å². The van der Waals surface area contributed by atoms with Gasteiger partial charge >= 0.3 is 11.6 Å². The number of ether oxygens (including phenoxy) is 3. The molecule has 0 amide bonds. The Hall–Kier alpha value is -4.06. The van der Waals surface area contributed by atoms with Crippen LogP contribution in [0.1, 0.15) is 29.0 Å². The number of fused-ring (bicyclic) bond motifs is 3. The van der Waals surface area contributed by atoms with Crippen molar-refractivity contribution in [1.29, 1.82) is 0 Å². The highest BCUT2D eigenvalue weighted by atomic mass is 16.5. The summed E-state index contributed by atoms with van der Waals surface area (Å²) >= 11 is 0. The molecule has 1 aliphatic rings. The molecule has 166 valence electrons. The van der Waals surface area contributed by atoms with Gasteiger partial charge in [0.05, 0.1) is 31.1 Å². The first kappa shape index (κ1) is 20.8. The molecule has 5 rings (SSSR count). The largest absolute Gasteiger partial charge is 0.497 e. The fourth-order valence-electron chi connectivity index (χ4n) is 4.13. The molecular weight excluding hydrogens is 420 g/mol. The molecule has 0 saturated heterocycles. The van der Waals surface area contributed by atoms with Crippen molar-refractivity contribution < 1.29 is 23.4 Å². The lowest BCUT2D eigenvalue weighted by Gasteiger charge is -2.24. The minimum Gasteiger partial charge on any atom is -0.497 e. The van der Waals surface area contributed by atoms with E-state index >= 15 is 0 Å². The molecule has 1 atom stereocenters. The van der Waals surface area contributed by atoms with E-state index in [-0.39, 0.29) is 12.4 Å². The quantitative estimate of drug-likeness (QED) is 0.313. The smallest absolute Gasteiger partial charge is 0.343 e. The van der Waals surface area contributed by atoms with E-state index in [2.05, 4.69) is 0 Å². The van der Waals surface area contributed by atoms with Gasteiger partial charge in [0.15, 0.2) is 5.75 Å². The molecule has 6 heteroatoms. The minimum atomic E-state index is -0.485. The lowest BCUT2D eigenvalue weighted by molar-refractivity contribution is -0.135. The molecule has 1 aromatic heterocycles. The molecule has 4 aromatic rings. The molecule has 0 saturated carbocycles. The normalized spacial score (nSPS) is 15.1. The van der Waals surface area contributed by atoms with E-state index in [1.807, 2.05) is 54.6 Å². The van der Waals surface area contributed by atoms with Gasteiger partial charge < -0.3 is 18.6 Å². The number of carbonyl (C=O) groups is 1. The lowest BCUT2D eigenvalue weighted by atomic mass is 9.86. The van der Waals surface area contributed by atoms with E-state index in [4.69, 9.17) is 18.6 Å². The van der Waals surface area contributed by atoms with Crippen LogP contribution < -0.4 is 19.8 Å². The molecule has 33 heavy (non-hydrogen) atoms. The summed E-state index contributed by atoms with van der Waals surface area (Å²) in [6, 6.07) is 22.4. The number of carbonyl (C=O) groups excluding carboxylic acids is 1. The Morgan fingerprint density at radius 3 is 2.39 bits per heavy atom. The highest BCUT2D eigenvalue weighted by Crippen LogP contribution is 2.40. The first-order chi connectivity index (χ1) is 16.1. The van der Waals surface area contributed by atoms with Crippen molar-refractivity contribution in [3.05, 3.63) is 99.9 Å². The van der Waals surface area contributed by atoms with Gasteiger partial charge in [-0.25, -0.2) is 4.79 Å². The zero-order valence-electron chi connectivity index (χ0n) is 18.1. The van der Waals surface area contributed by atoms with Crippen LogP contribution in [0.4, 0.5) is 0 Å². The number of rotatable bonds is 6. The molecule has 0 bridgehead atoms. The van der Waals surface area contributed by atoms with Crippen LogP contribution in [0.5, 0.6) is 17.2 Å². The Bertz CT molecular complexity index is 1350. The third-order valence-electron chi connectivity index (χ3n) is 5.84. The molecule has 0 unspecified atom stereocenters. The maximum absolute atomic E-state index is 12.8. The van der Waals surface area contributed by atoms with E-state index in [0.717, 1.165) is 29.0 Å². The van der Waals surface area contributed by atoms with Crippen LogP contribution in [-0.4, -0.2) is 19.7 Å². The van der Waals surface area contributed by atoms with Gasteiger partial charge in [-0.05, 0) is 47.5 Å². The average Bonchev–Trinajstić information content (AvgIpc) is 2.84. The van der Waals surface area contributed by atoms with E-state index in [9.17, 15) is 9.59 Å². The van der Waals surface area contributed by atoms with Crippen molar-refractivity contribution in [2.75, 3.05) is 13.7 Å². The van der Waals surface area contributed by atoms with Gasteiger partial charge in [-0.1, -0.05) is 36.4 Å². The Morgan fingerprint density at radius 2 is 1.64 bits per heavy atom. The fourth-order valence-corrected chi connectivity index (χ4v) is 4.13. The second kappa shape index (κ2) is 8.82. The van der Waals surface area contributed by atoms with Gasteiger partial charge in [-0.15, -0.1) is 0 Å². The molecule has 0 fully saturated rings. The summed E-state index contributed by atoms with van der Waals surface area (Å²) in [6.07, 6.45) is 0.843. The molecule has 0 N–H and O–H groups in total. The zero-order chi connectivity index (χ0) is 22.8. The van der Waals surface area contributed by atoms with Crippen molar-refractivity contribution in [3.63, 3.8) is 0 Å². The highest BCUT2D eigenvalue weighted by Gasteiger charge is 2.33. The van der Waals surface area contributed by atoms with Gasteiger partial charge in [0.2, 0.25) is 0 Å². The van der Waals surface area contributed by atoms with Crippen molar-refractivity contribution in [1.82, 2.24) is 0 Å². The summed E-state index contributed by atoms with van der Waals surface area (Å²) in [5.41, 5.74) is 2.28. The fraction of sp³-hybridized carbons (Fsp3) is 0.185. The van der Waals surface area contributed by atoms with Crippen LogP contribution in [0.15, 0.2) is 82.0 Å². The van der Waals surface area contributed by atoms with Crippen molar-refractivity contribution in [3.8, 4) is 17.2 Å². The lowest BCUT2D eigenvalue weighted by Crippen LogP contribution is -2.26. The molecule has 0 spiro atoms. The van der Waals surface area contributed by atoms with Gasteiger partial charge in [-0.2, -0.15) is 0 Å². The Kier molecular flexibility index (Phi) is 5.57. The van der Waals surface area contributed by atoms with Crippen LogP contribution in [0, 0.1) is 0 Å². The Labute approximate surface area is 190 Å². The Balaban J connectivity index is 1.35. The predicted octanol–water partition coefficient (Wildman–Crippen LogP) is 4.86. The van der Waals surface area contributed by atoms with Crippen LogP contribution in [0.2, 0.25) is 0 Å². The summed E-state index contributed by atoms with van der Waals surface area (Å²) in [7, 11) is 1.64. The predicted molar refractivity (Wildman–Crippen MR) is 123 cm³/mol. The topological polar surface area (TPSA) is 75.0 Å². The number of esters is 1. The van der Waals surface area contributed by atoms with Crippen LogP contribution in [0.3, 0.4) is 0 Å². The molecule has 3 aromatic carbocycles. The molecule has 0 radical (unpaired) electrons. The first-order valence-electron chi connectivity index (χ1n) is 10.7. The number of para-hydroxylation sites is 1. The van der Waals surface area contributed by atoms with Gasteiger partial charge in [0.1, 0.15) is 17.1 Å². The standard InChI is InChI=1S/C27H22O6/c1-30-19-10-6-17(7-11-19)14-15-31-20-12-8-18(9-13-20)22-16-24(28)33-26-21-4-2-3-5-23(21)32-27(29)25(22)26/h2-13,22H,14-16H2,1H3/t22-/m0/s1. The van der Waals surface area contributed by atoms with Crippen LogP contribution >= 0.6 is 0 Å². The second-order valence-electron chi connectivity index (χ2n) is 7.87. The Morgan fingerprint density at radius 1 is 0.909 bits per heavy atom. The summed E-state index contributed by atoms with van der Waals surface area (Å²) in [5.74, 6) is 1.03.